The molecule has 4 heteroatoms. The maximum atomic E-state index is 12.6. The molecule has 0 fully saturated rings. The molecule has 0 spiro atoms. The van der Waals surface area contributed by atoms with E-state index in [2.05, 4.69) is 0 Å². The minimum absolute atomic E-state index is 0.0853. The number of aldehydes is 1. The highest BCUT2D eigenvalue weighted by Crippen LogP contribution is 2.18. The summed E-state index contributed by atoms with van der Waals surface area (Å²) in [5, 5.41) is 0. The van der Waals surface area contributed by atoms with Gasteiger partial charge in [0.05, 0.1) is 24.1 Å². The maximum absolute atomic E-state index is 12.6. The number of carbonyl (C=O) groups excluding carboxylic acids is 1. The first-order chi connectivity index (χ1) is 10.2. The van der Waals surface area contributed by atoms with Gasteiger partial charge in [0, 0.05) is 0 Å². The van der Waals surface area contributed by atoms with E-state index in [4.69, 9.17) is 0 Å². The molecule has 0 aliphatic carbocycles. The molecule has 2 aromatic carbocycles. The monoisotopic (exact) mass is 280 g/mol. The molecule has 3 aromatic rings. The Kier molecular flexibility index (Phi) is 3.44. The van der Waals surface area contributed by atoms with E-state index in [0.717, 1.165) is 28.4 Å². The van der Waals surface area contributed by atoms with Crippen LogP contribution in [0.1, 0.15) is 11.1 Å². The van der Waals surface area contributed by atoms with Crippen molar-refractivity contribution in [3.05, 3.63) is 70.1 Å². The second-order valence-electron chi connectivity index (χ2n) is 5.07. The van der Waals surface area contributed by atoms with E-state index in [1.54, 1.807) is 9.13 Å². The molecule has 21 heavy (non-hydrogen) atoms. The number of rotatable bonds is 4. The highest BCUT2D eigenvalue weighted by Gasteiger charge is 2.14. The lowest BCUT2D eigenvalue weighted by Crippen LogP contribution is -2.25. The number of hydrogen-bond donors (Lipinski definition) is 0. The Labute approximate surface area is 122 Å². The van der Waals surface area contributed by atoms with Crippen LogP contribution in [-0.2, 0) is 17.9 Å². The third-order valence-corrected chi connectivity index (χ3v) is 3.68. The molecule has 0 aliphatic heterocycles. The van der Waals surface area contributed by atoms with Crippen LogP contribution in [0.5, 0.6) is 0 Å². The molecule has 106 valence electrons. The van der Waals surface area contributed by atoms with Crippen molar-refractivity contribution in [1.82, 2.24) is 9.13 Å². The van der Waals surface area contributed by atoms with Crippen LogP contribution in [0.4, 0.5) is 0 Å². The van der Waals surface area contributed by atoms with Crippen molar-refractivity contribution in [3.63, 3.8) is 0 Å². The zero-order valence-electron chi connectivity index (χ0n) is 11.8. The SMILES string of the molecule is Cc1cccc2c1n(CC=O)c(=O)n2Cc1ccccc1. The zero-order chi connectivity index (χ0) is 14.8. The number of carbonyl (C=O) groups is 1. The van der Waals surface area contributed by atoms with Gasteiger partial charge in [0.1, 0.15) is 6.29 Å². The van der Waals surface area contributed by atoms with E-state index < -0.39 is 0 Å². The van der Waals surface area contributed by atoms with Gasteiger partial charge in [-0.1, -0.05) is 42.5 Å². The summed E-state index contributed by atoms with van der Waals surface area (Å²) in [4.78, 5) is 23.5. The molecule has 1 heterocycles. The van der Waals surface area contributed by atoms with Crippen molar-refractivity contribution < 1.29 is 4.79 Å². The molecule has 4 nitrogen and oxygen atoms in total. The molecule has 0 atom stereocenters. The summed E-state index contributed by atoms with van der Waals surface area (Å²) in [7, 11) is 0. The molecule has 0 saturated carbocycles. The summed E-state index contributed by atoms with van der Waals surface area (Å²) in [6.07, 6.45) is 0.764. The molecule has 0 unspecified atom stereocenters. The summed E-state index contributed by atoms with van der Waals surface area (Å²) in [5.74, 6) is 0. The smallest absolute Gasteiger partial charge is 0.301 e. The molecule has 0 bridgehead atoms. The number of nitrogens with zero attached hydrogens (tertiary/aromatic N) is 2. The fourth-order valence-corrected chi connectivity index (χ4v) is 2.72. The van der Waals surface area contributed by atoms with Crippen molar-refractivity contribution in [2.75, 3.05) is 0 Å². The molecule has 0 N–H and O–H groups in total. The molecule has 0 saturated heterocycles. The number of fused-ring (bicyclic) bond motifs is 1. The lowest BCUT2D eigenvalue weighted by Gasteiger charge is -2.03. The van der Waals surface area contributed by atoms with Crippen LogP contribution >= 0.6 is 0 Å². The molecular formula is C17H16N2O2. The Hall–Kier alpha value is -2.62. The Morgan fingerprint density at radius 1 is 1.00 bits per heavy atom. The predicted molar refractivity (Wildman–Crippen MR) is 82.5 cm³/mol. The summed E-state index contributed by atoms with van der Waals surface area (Å²) < 4.78 is 3.27. The molecule has 3 rings (SSSR count). The van der Waals surface area contributed by atoms with Crippen LogP contribution in [-0.4, -0.2) is 15.4 Å². The van der Waals surface area contributed by atoms with Gasteiger partial charge in [0.15, 0.2) is 0 Å². The zero-order valence-corrected chi connectivity index (χ0v) is 11.8. The quantitative estimate of drug-likeness (QED) is 0.689. The fraction of sp³-hybridized carbons (Fsp3) is 0.176. The van der Waals surface area contributed by atoms with Gasteiger partial charge >= 0.3 is 5.69 Å². The summed E-state index contributed by atoms with van der Waals surface area (Å²) >= 11 is 0. The second-order valence-corrected chi connectivity index (χ2v) is 5.07. The first-order valence-corrected chi connectivity index (χ1v) is 6.88. The highest BCUT2D eigenvalue weighted by atomic mass is 16.2. The Morgan fingerprint density at radius 3 is 2.48 bits per heavy atom. The summed E-state index contributed by atoms with van der Waals surface area (Å²) in [6, 6.07) is 15.7. The Balaban J connectivity index is 2.23. The number of hydrogen-bond acceptors (Lipinski definition) is 2. The lowest BCUT2D eigenvalue weighted by atomic mass is 10.2. The molecule has 0 aliphatic rings. The largest absolute Gasteiger partial charge is 0.329 e. The van der Waals surface area contributed by atoms with E-state index in [9.17, 15) is 9.59 Å². The highest BCUT2D eigenvalue weighted by molar-refractivity contribution is 5.80. The average molecular weight is 280 g/mol. The van der Waals surface area contributed by atoms with Crippen molar-refractivity contribution in [2.24, 2.45) is 0 Å². The average Bonchev–Trinajstić information content (AvgIpc) is 2.76. The van der Waals surface area contributed by atoms with Crippen LogP contribution in [0.25, 0.3) is 11.0 Å². The summed E-state index contributed by atoms with van der Waals surface area (Å²) in [6.45, 7) is 2.55. The van der Waals surface area contributed by atoms with Crippen LogP contribution in [0.3, 0.4) is 0 Å². The predicted octanol–water partition coefficient (Wildman–Crippen LogP) is 2.36. The van der Waals surface area contributed by atoms with Crippen molar-refractivity contribution in [2.45, 2.75) is 20.0 Å². The van der Waals surface area contributed by atoms with Crippen molar-refractivity contribution in [3.8, 4) is 0 Å². The van der Waals surface area contributed by atoms with Crippen molar-refractivity contribution >= 4 is 17.3 Å². The third kappa shape index (κ3) is 2.29. The van der Waals surface area contributed by atoms with E-state index in [-0.39, 0.29) is 12.2 Å². The van der Waals surface area contributed by atoms with Gasteiger partial charge in [-0.3, -0.25) is 9.13 Å². The van der Waals surface area contributed by atoms with Gasteiger partial charge in [-0.15, -0.1) is 0 Å². The standard InChI is InChI=1S/C17H16N2O2/c1-13-6-5-9-15-16(13)18(10-11-20)17(21)19(15)12-14-7-3-2-4-8-14/h2-9,11H,10,12H2,1H3. The van der Waals surface area contributed by atoms with Crippen LogP contribution in [0.2, 0.25) is 0 Å². The number of aromatic nitrogens is 2. The molecule has 0 radical (unpaired) electrons. The first kappa shape index (κ1) is 13.4. The third-order valence-electron chi connectivity index (χ3n) is 3.68. The van der Waals surface area contributed by atoms with Gasteiger partial charge < -0.3 is 4.79 Å². The Morgan fingerprint density at radius 2 is 1.76 bits per heavy atom. The van der Waals surface area contributed by atoms with Gasteiger partial charge in [0.2, 0.25) is 0 Å². The second kappa shape index (κ2) is 5.40. The summed E-state index contributed by atoms with van der Waals surface area (Å²) in [5.41, 5.74) is 3.62. The maximum Gasteiger partial charge on any atom is 0.329 e. The van der Waals surface area contributed by atoms with Gasteiger partial charge in [-0.2, -0.15) is 0 Å². The minimum atomic E-state index is -0.143. The fourth-order valence-electron chi connectivity index (χ4n) is 2.72. The molecular weight excluding hydrogens is 264 g/mol. The number of aryl methyl sites for hydroxylation is 1. The van der Waals surface area contributed by atoms with E-state index in [1.165, 1.54) is 0 Å². The number of benzene rings is 2. The lowest BCUT2D eigenvalue weighted by molar-refractivity contribution is -0.108. The van der Waals surface area contributed by atoms with Crippen molar-refractivity contribution in [1.29, 1.82) is 0 Å². The number of imidazole rings is 1. The van der Waals surface area contributed by atoms with E-state index >= 15 is 0 Å². The molecule has 1 aromatic heterocycles. The normalized spacial score (nSPS) is 10.9. The van der Waals surface area contributed by atoms with Crippen LogP contribution < -0.4 is 5.69 Å². The Bertz CT molecular complexity index is 844. The van der Waals surface area contributed by atoms with Gasteiger partial charge in [-0.25, -0.2) is 4.79 Å². The topological polar surface area (TPSA) is 44.0 Å². The van der Waals surface area contributed by atoms with Gasteiger partial charge in [-0.05, 0) is 24.1 Å². The van der Waals surface area contributed by atoms with Gasteiger partial charge in [0.25, 0.3) is 0 Å². The minimum Gasteiger partial charge on any atom is -0.301 e. The number of para-hydroxylation sites is 1. The van der Waals surface area contributed by atoms with E-state index in [1.807, 2.05) is 55.5 Å². The molecule has 0 amide bonds. The first-order valence-electron chi connectivity index (χ1n) is 6.88. The van der Waals surface area contributed by atoms with Crippen LogP contribution in [0, 0.1) is 6.92 Å². The van der Waals surface area contributed by atoms with E-state index in [0.29, 0.717) is 6.54 Å². The van der Waals surface area contributed by atoms with Crippen LogP contribution in [0.15, 0.2) is 53.3 Å².